The Hall–Kier alpha value is -3.13. The molecule has 9 heteroatoms. The summed E-state index contributed by atoms with van der Waals surface area (Å²) in [7, 11) is 0. The highest BCUT2D eigenvalue weighted by Crippen LogP contribution is 2.37. The monoisotopic (exact) mass is 448 g/mol. The molecule has 0 spiro atoms. The van der Waals surface area contributed by atoms with Gasteiger partial charge >= 0.3 is 12.1 Å². The maximum absolute atomic E-state index is 13.5. The number of aromatic carboxylic acids is 1. The minimum absolute atomic E-state index is 0.0963. The summed E-state index contributed by atoms with van der Waals surface area (Å²) in [6, 6.07) is 9.21. The number of fused-ring (bicyclic) bond motifs is 1. The summed E-state index contributed by atoms with van der Waals surface area (Å²) in [5.74, 6) is -2.08. The first-order valence-corrected chi connectivity index (χ1v) is 9.90. The van der Waals surface area contributed by atoms with Gasteiger partial charge in [-0.2, -0.15) is 13.2 Å². The number of ketones is 1. The molecular weight excluding hydrogens is 433 g/mol. The van der Waals surface area contributed by atoms with Gasteiger partial charge in [-0.1, -0.05) is 29.8 Å². The molecule has 0 radical (unpaired) electrons. The largest absolute Gasteiger partial charge is 0.478 e. The number of carboxylic acids is 1. The van der Waals surface area contributed by atoms with Crippen LogP contribution in [0.15, 0.2) is 42.5 Å². The molecule has 1 aliphatic heterocycles. The van der Waals surface area contributed by atoms with Gasteiger partial charge in [0.05, 0.1) is 27.4 Å². The summed E-state index contributed by atoms with van der Waals surface area (Å²) in [6.45, 7) is 0.447. The van der Waals surface area contributed by atoms with E-state index in [4.69, 9.17) is 16.7 Å². The number of imidazole rings is 1. The number of hydrogen-bond acceptors (Lipinski definition) is 3. The van der Waals surface area contributed by atoms with Crippen LogP contribution in [0.1, 0.15) is 50.6 Å². The van der Waals surface area contributed by atoms with Crippen LogP contribution in [0.3, 0.4) is 0 Å². The second-order valence-electron chi connectivity index (χ2n) is 7.21. The Morgan fingerprint density at radius 3 is 2.42 bits per heavy atom. The topological polar surface area (TPSA) is 72.2 Å². The van der Waals surface area contributed by atoms with E-state index in [0.29, 0.717) is 24.2 Å². The van der Waals surface area contributed by atoms with E-state index in [2.05, 4.69) is 4.98 Å². The van der Waals surface area contributed by atoms with E-state index in [1.54, 1.807) is 16.7 Å². The first-order chi connectivity index (χ1) is 14.7. The molecule has 1 aromatic heterocycles. The Kier molecular flexibility index (Phi) is 5.35. The molecule has 0 unspecified atom stereocenters. The number of rotatable bonds is 4. The van der Waals surface area contributed by atoms with E-state index in [0.717, 1.165) is 30.7 Å². The quantitative estimate of drug-likeness (QED) is 0.536. The smallest absolute Gasteiger partial charge is 0.417 e. The fourth-order valence-corrected chi connectivity index (χ4v) is 4.08. The van der Waals surface area contributed by atoms with Crippen LogP contribution in [0.5, 0.6) is 0 Å². The summed E-state index contributed by atoms with van der Waals surface area (Å²) in [5, 5.41) is 8.80. The summed E-state index contributed by atoms with van der Waals surface area (Å²) in [5.41, 5.74) is 0.149. The Morgan fingerprint density at radius 2 is 1.77 bits per heavy atom. The van der Waals surface area contributed by atoms with Crippen molar-refractivity contribution in [3.05, 3.63) is 75.7 Å². The number of alkyl halides is 3. The van der Waals surface area contributed by atoms with Crippen molar-refractivity contribution < 1.29 is 27.9 Å². The highest BCUT2D eigenvalue weighted by atomic mass is 35.5. The van der Waals surface area contributed by atoms with E-state index in [1.807, 2.05) is 0 Å². The third-order valence-electron chi connectivity index (χ3n) is 5.27. The Bertz CT molecular complexity index is 1180. The Labute approximate surface area is 180 Å². The first kappa shape index (κ1) is 21.1. The highest BCUT2D eigenvalue weighted by Gasteiger charge is 2.38. The third-order valence-corrected chi connectivity index (χ3v) is 5.59. The van der Waals surface area contributed by atoms with Crippen molar-refractivity contribution in [2.45, 2.75) is 32.0 Å². The van der Waals surface area contributed by atoms with Crippen molar-refractivity contribution in [2.75, 3.05) is 0 Å². The van der Waals surface area contributed by atoms with Crippen LogP contribution in [-0.2, 0) is 19.1 Å². The van der Waals surface area contributed by atoms with Crippen LogP contribution in [0.25, 0.3) is 11.3 Å². The zero-order valence-corrected chi connectivity index (χ0v) is 16.8. The van der Waals surface area contributed by atoms with Crippen LogP contribution in [-0.4, -0.2) is 26.4 Å². The number of carboxylic acid groups (broad SMARTS) is 1. The average Bonchev–Trinajstić information content (AvgIpc) is 3.12. The highest BCUT2D eigenvalue weighted by molar-refractivity contribution is 6.35. The van der Waals surface area contributed by atoms with Crippen LogP contribution >= 0.6 is 11.6 Å². The van der Waals surface area contributed by atoms with Crippen molar-refractivity contribution in [1.29, 1.82) is 0 Å². The Balaban J connectivity index is 1.86. The maximum Gasteiger partial charge on any atom is 0.417 e. The lowest BCUT2D eigenvalue weighted by atomic mass is 10.0. The molecule has 3 aromatic rings. The van der Waals surface area contributed by atoms with Crippen molar-refractivity contribution in [3.8, 4) is 11.3 Å². The summed E-state index contributed by atoms with van der Waals surface area (Å²) in [4.78, 5) is 28.8. The lowest BCUT2D eigenvalue weighted by Gasteiger charge is -2.18. The predicted octanol–water partition coefficient (Wildman–Crippen LogP) is 5.49. The molecule has 1 aliphatic rings. The molecule has 0 atom stereocenters. The van der Waals surface area contributed by atoms with E-state index >= 15 is 0 Å². The molecule has 0 aliphatic carbocycles. The number of hydrogen-bond donors (Lipinski definition) is 1. The van der Waals surface area contributed by atoms with Crippen LogP contribution in [0, 0.1) is 0 Å². The van der Waals surface area contributed by atoms with Gasteiger partial charge in [0, 0.05) is 17.8 Å². The fourth-order valence-electron chi connectivity index (χ4n) is 3.82. The number of carbonyl (C=O) groups excluding carboxylic acids is 1. The van der Waals surface area contributed by atoms with Gasteiger partial charge in [-0.3, -0.25) is 4.79 Å². The second-order valence-corrected chi connectivity index (χ2v) is 7.62. The SMILES string of the molecule is O=C(O)c1ccc(-c2nc(C(=O)c3c(Cl)cccc3C(F)(F)F)n3c2CCCC3)cc1. The Morgan fingerprint density at radius 1 is 1.06 bits per heavy atom. The first-order valence-electron chi connectivity index (χ1n) is 9.52. The minimum atomic E-state index is -4.75. The minimum Gasteiger partial charge on any atom is -0.478 e. The lowest BCUT2D eigenvalue weighted by molar-refractivity contribution is -0.137. The molecule has 31 heavy (non-hydrogen) atoms. The second kappa shape index (κ2) is 7.85. The summed E-state index contributed by atoms with van der Waals surface area (Å²) in [6.07, 6.45) is -2.54. The van der Waals surface area contributed by atoms with Gasteiger partial charge in [-0.05, 0) is 43.5 Å². The van der Waals surface area contributed by atoms with Gasteiger partial charge in [-0.15, -0.1) is 0 Å². The van der Waals surface area contributed by atoms with Gasteiger partial charge in [0.15, 0.2) is 5.82 Å². The molecule has 2 aromatic carbocycles. The van der Waals surface area contributed by atoms with Crippen molar-refractivity contribution in [2.24, 2.45) is 0 Å². The zero-order valence-electron chi connectivity index (χ0n) is 16.0. The maximum atomic E-state index is 13.5. The third kappa shape index (κ3) is 3.83. The number of nitrogens with zero attached hydrogens (tertiary/aromatic N) is 2. The van der Waals surface area contributed by atoms with E-state index < -0.39 is 29.1 Å². The molecule has 160 valence electrons. The zero-order chi connectivity index (χ0) is 22.3. The number of halogens is 4. The molecule has 0 saturated carbocycles. The number of aromatic nitrogens is 2. The van der Waals surface area contributed by atoms with Crippen molar-refractivity contribution in [3.63, 3.8) is 0 Å². The van der Waals surface area contributed by atoms with Crippen LogP contribution in [0.2, 0.25) is 5.02 Å². The molecule has 0 amide bonds. The predicted molar refractivity (Wildman–Crippen MR) is 107 cm³/mol. The normalized spacial score (nSPS) is 13.7. The van der Waals surface area contributed by atoms with Crippen LogP contribution in [0.4, 0.5) is 13.2 Å². The van der Waals surface area contributed by atoms with Gasteiger partial charge in [0.1, 0.15) is 0 Å². The standard InChI is InChI=1S/C22H16ClF3N2O3/c23-15-5-3-4-14(22(24,25)26)17(15)19(29)20-27-18(16-6-1-2-11-28(16)20)12-7-9-13(10-8-12)21(30)31/h3-5,7-10H,1-2,6,11H2,(H,30,31). The lowest BCUT2D eigenvalue weighted by Crippen LogP contribution is -2.20. The van der Waals surface area contributed by atoms with Gasteiger partial charge < -0.3 is 9.67 Å². The average molecular weight is 449 g/mol. The number of benzene rings is 2. The molecule has 0 bridgehead atoms. The van der Waals surface area contributed by atoms with E-state index in [9.17, 15) is 22.8 Å². The molecule has 1 N–H and O–H groups in total. The van der Waals surface area contributed by atoms with Crippen molar-refractivity contribution >= 4 is 23.4 Å². The van der Waals surface area contributed by atoms with E-state index in [1.165, 1.54) is 18.2 Å². The van der Waals surface area contributed by atoms with Crippen molar-refractivity contribution in [1.82, 2.24) is 9.55 Å². The summed E-state index contributed by atoms with van der Waals surface area (Å²) < 4.78 is 42.2. The summed E-state index contributed by atoms with van der Waals surface area (Å²) >= 11 is 6.02. The van der Waals surface area contributed by atoms with E-state index in [-0.39, 0.29) is 16.4 Å². The molecule has 0 fully saturated rings. The molecule has 4 rings (SSSR count). The molecular formula is C22H16ClF3N2O3. The molecule has 2 heterocycles. The molecule has 0 saturated heterocycles. The fraction of sp³-hybridized carbons (Fsp3) is 0.227. The van der Waals surface area contributed by atoms with Gasteiger partial charge in [0.2, 0.25) is 5.78 Å². The number of carbonyl (C=O) groups is 2. The molecule has 5 nitrogen and oxygen atoms in total. The van der Waals surface area contributed by atoms with Gasteiger partial charge in [-0.25, -0.2) is 9.78 Å². The van der Waals surface area contributed by atoms with Gasteiger partial charge in [0.25, 0.3) is 0 Å². The van der Waals surface area contributed by atoms with Crippen LogP contribution < -0.4 is 0 Å².